The van der Waals surface area contributed by atoms with E-state index >= 15 is 0 Å². The van der Waals surface area contributed by atoms with Crippen molar-refractivity contribution in [3.05, 3.63) is 0 Å². The summed E-state index contributed by atoms with van der Waals surface area (Å²) in [5, 5.41) is 0. The van der Waals surface area contributed by atoms with E-state index in [0.29, 0.717) is 0 Å². The molecule has 0 heterocycles. The Kier molecular flexibility index (Phi) is 4.88. The molecule has 0 aromatic heterocycles. The van der Waals surface area contributed by atoms with E-state index in [9.17, 15) is 0 Å². The Hall–Kier alpha value is 0.137. The highest BCUT2D eigenvalue weighted by Gasteiger charge is 2.18. The average molecular weight is 188 g/mol. The first-order chi connectivity index (χ1) is 5.86. The van der Waals surface area contributed by atoms with Crippen molar-refractivity contribution < 1.29 is 9.47 Å². The first kappa shape index (κ1) is 10.2. The molecular weight excluding hydrogens is 168 g/mol. The van der Waals surface area contributed by atoms with Crippen LogP contribution in [0.1, 0.15) is 32.1 Å². The zero-order valence-corrected chi connectivity index (χ0v) is 9.63. The van der Waals surface area contributed by atoms with Gasteiger partial charge in [0.1, 0.15) is 5.91 Å². The Morgan fingerprint density at radius 1 is 1.08 bits per heavy atom. The summed E-state index contributed by atoms with van der Waals surface area (Å²) in [7, 11) is 3.34. The van der Waals surface area contributed by atoms with Gasteiger partial charge in [-0.15, -0.1) is 0 Å². The van der Waals surface area contributed by atoms with Gasteiger partial charge in [-0.05, 0) is 5.54 Å². The predicted octanol–water partition coefficient (Wildman–Crippen LogP) is 1.48. The van der Waals surface area contributed by atoms with Crippen molar-refractivity contribution in [1.82, 2.24) is 0 Å². The van der Waals surface area contributed by atoms with Crippen LogP contribution >= 0.6 is 0 Å². The molecule has 1 fully saturated rings. The van der Waals surface area contributed by atoms with Crippen LogP contribution in [-0.4, -0.2) is 29.7 Å². The fraction of sp³-hybridized carbons (Fsp3) is 1.00. The summed E-state index contributed by atoms with van der Waals surface area (Å²) >= 11 is 0. The second-order valence-corrected chi connectivity index (χ2v) is 5.93. The number of rotatable bonds is 4. The van der Waals surface area contributed by atoms with Gasteiger partial charge in [0.15, 0.2) is 0 Å². The largest absolute Gasteiger partial charge is 0.360 e. The van der Waals surface area contributed by atoms with Crippen molar-refractivity contribution in [2.75, 3.05) is 14.2 Å². The molecule has 0 spiro atoms. The fourth-order valence-corrected chi connectivity index (χ4v) is 3.96. The van der Waals surface area contributed by atoms with Crippen LogP contribution in [0.3, 0.4) is 0 Å². The number of methoxy groups -OCH3 is 2. The van der Waals surface area contributed by atoms with Gasteiger partial charge in [-0.2, -0.15) is 0 Å². The third-order valence-electron chi connectivity index (χ3n) is 2.78. The maximum Gasteiger partial charge on any atom is 0.134 e. The average Bonchev–Trinajstić information content (AvgIpc) is 2.16. The molecule has 0 aromatic carbocycles. The van der Waals surface area contributed by atoms with Gasteiger partial charge >= 0.3 is 0 Å². The lowest BCUT2D eigenvalue weighted by Gasteiger charge is -2.24. The van der Waals surface area contributed by atoms with E-state index in [1.165, 1.54) is 32.1 Å². The van der Waals surface area contributed by atoms with Gasteiger partial charge in [0.05, 0.1) is 9.52 Å². The van der Waals surface area contributed by atoms with Crippen molar-refractivity contribution in [2.24, 2.45) is 0 Å². The third kappa shape index (κ3) is 3.25. The van der Waals surface area contributed by atoms with Gasteiger partial charge < -0.3 is 9.47 Å². The van der Waals surface area contributed by atoms with Gasteiger partial charge in [-0.25, -0.2) is 0 Å². The first-order valence-corrected chi connectivity index (χ1v) is 6.55. The van der Waals surface area contributed by atoms with Gasteiger partial charge in [0, 0.05) is 14.2 Å². The Morgan fingerprint density at radius 2 is 1.67 bits per heavy atom. The highest BCUT2D eigenvalue weighted by Crippen LogP contribution is 2.28. The van der Waals surface area contributed by atoms with Crippen LogP contribution in [-0.2, 0) is 9.47 Å². The zero-order chi connectivity index (χ0) is 8.81. The van der Waals surface area contributed by atoms with E-state index in [1.807, 2.05) is 0 Å². The van der Waals surface area contributed by atoms with Gasteiger partial charge in [-0.1, -0.05) is 32.1 Å². The Morgan fingerprint density at radius 3 is 2.17 bits per heavy atom. The number of hydrogen-bond acceptors (Lipinski definition) is 2. The Labute approximate surface area is 77.5 Å². The lowest BCUT2D eigenvalue weighted by atomic mass is 10.0. The van der Waals surface area contributed by atoms with Crippen LogP contribution < -0.4 is 0 Å². The van der Waals surface area contributed by atoms with Crippen LogP contribution in [0, 0.1) is 0 Å². The van der Waals surface area contributed by atoms with Crippen molar-refractivity contribution in [2.45, 2.75) is 43.6 Å². The van der Waals surface area contributed by atoms with E-state index in [-0.39, 0.29) is 15.4 Å². The molecule has 0 amide bonds. The monoisotopic (exact) mass is 188 g/mol. The first-order valence-electron chi connectivity index (χ1n) is 4.92. The minimum Gasteiger partial charge on any atom is -0.360 e. The summed E-state index contributed by atoms with van der Waals surface area (Å²) in [5.74, 6) is 0.160. The Bertz CT molecular complexity index is 109. The lowest BCUT2D eigenvalue weighted by molar-refractivity contribution is -0.0451. The van der Waals surface area contributed by atoms with Crippen molar-refractivity contribution in [1.29, 1.82) is 0 Å². The predicted molar refractivity (Wildman–Crippen MR) is 53.2 cm³/mol. The summed E-state index contributed by atoms with van der Waals surface area (Å²) in [6.45, 7) is 0. The summed E-state index contributed by atoms with van der Waals surface area (Å²) in [6, 6.07) is 0. The molecule has 1 rings (SSSR count). The minimum atomic E-state index is -0.165. The molecule has 0 saturated heterocycles. The summed E-state index contributed by atoms with van der Waals surface area (Å²) in [5.41, 5.74) is 0.976. The molecule has 0 atom stereocenters. The molecule has 0 N–H and O–H groups in total. The van der Waals surface area contributed by atoms with Crippen LogP contribution in [0.5, 0.6) is 0 Å². The van der Waals surface area contributed by atoms with E-state index in [2.05, 4.69) is 0 Å². The molecule has 3 heteroatoms. The van der Waals surface area contributed by atoms with Gasteiger partial charge in [0.25, 0.3) is 0 Å². The van der Waals surface area contributed by atoms with E-state index < -0.39 is 0 Å². The zero-order valence-electron chi connectivity index (χ0n) is 8.21. The molecule has 1 saturated carbocycles. The molecule has 0 aromatic rings. The molecule has 1 aliphatic rings. The second kappa shape index (κ2) is 5.73. The van der Waals surface area contributed by atoms with Crippen molar-refractivity contribution in [3.63, 3.8) is 0 Å². The molecule has 0 unspecified atom stereocenters. The lowest BCUT2D eigenvalue weighted by Crippen LogP contribution is -2.26. The summed E-state index contributed by atoms with van der Waals surface area (Å²) in [4.78, 5) is 0. The third-order valence-corrected chi connectivity index (χ3v) is 5.31. The number of hydrogen-bond donors (Lipinski definition) is 0. The smallest absolute Gasteiger partial charge is 0.134 e. The second-order valence-electron chi connectivity index (χ2n) is 3.64. The normalized spacial score (nSPS) is 21.2. The van der Waals surface area contributed by atoms with Crippen LogP contribution in [0.15, 0.2) is 0 Å². The highest BCUT2D eigenvalue weighted by molar-refractivity contribution is 6.38. The van der Waals surface area contributed by atoms with Crippen LogP contribution in [0.25, 0.3) is 0 Å². The topological polar surface area (TPSA) is 18.5 Å². The van der Waals surface area contributed by atoms with E-state index in [1.54, 1.807) is 14.2 Å². The fourth-order valence-electron chi connectivity index (χ4n) is 1.98. The highest BCUT2D eigenvalue weighted by atomic mass is 28.2. The maximum atomic E-state index is 5.24. The molecular formula is C9H20O2Si. The molecule has 72 valence electrons. The molecule has 0 bridgehead atoms. The van der Waals surface area contributed by atoms with Crippen molar-refractivity contribution >= 4 is 9.52 Å². The van der Waals surface area contributed by atoms with Crippen LogP contribution in [0.4, 0.5) is 0 Å². The van der Waals surface area contributed by atoms with Gasteiger partial charge in [-0.3, -0.25) is 0 Å². The quantitative estimate of drug-likeness (QED) is 0.491. The maximum absolute atomic E-state index is 5.24. The van der Waals surface area contributed by atoms with E-state index in [4.69, 9.17) is 9.47 Å². The Balaban J connectivity index is 2.18. The SMILES string of the molecule is COC(OC)[SiH2]C1CCCCC1. The molecule has 1 aliphatic carbocycles. The molecule has 12 heavy (non-hydrogen) atoms. The molecule has 0 radical (unpaired) electrons. The summed E-state index contributed by atoms with van der Waals surface area (Å²) in [6.07, 6.45) is 7.15. The van der Waals surface area contributed by atoms with E-state index in [0.717, 1.165) is 5.54 Å². The van der Waals surface area contributed by atoms with Crippen LogP contribution in [0.2, 0.25) is 5.54 Å². The number of ether oxygens (including phenoxy) is 2. The minimum absolute atomic E-state index is 0.160. The van der Waals surface area contributed by atoms with Crippen molar-refractivity contribution in [3.8, 4) is 0 Å². The summed E-state index contributed by atoms with van der Waals surface area (Å²) < 4.78 is 10.5. The molecule has 2 nitrogen and oxygen atoms in total. The van der Waals surface area contributed by atoms with Gasteiger partial charge in [0.2, 0.25) is 0 Å². The standard InChI is InChI=1S/C9H20O2Si/c1-10-9(11-2)12-8-6-4-3-5-7-8/h8-9H,3-7,12H2,1-2H3. The molecule has 0 aliphatic heterocycles.